The zero-order valence-corrected chi connectivity index (χ0v) is 9.62. The molecule has 0 radical (unpaired) electrons. The van der Waals surface area contributed by atoms with E-state index in [9.17, 15) is 0 Å². The molecule has 84 valence electrons. The molecule has 4 heteroatoms. The van der Waals surface area contributed by atoms with Crippen LogP contribution in [0.2, 0.25) is 0 Å². The van der Waals surface area contributed by atoms with Crippen LogP contribution in [0, 0.1) is 13.8 Å². The van der Waals surface area contributed by atoms with E-state index in [2.05, 4.69) is 26.3 Å². The predicted octanol–water partition coefficient (Wildman–Crippen LogP) is 1.71. The zero-order valence-electron chi connectivity index (χ0n) is 9.62. The van der Waals surface area contributed by atoms with E-state index in [-0.39, 0.29) is 0 Å². The minimum Gasteiger partial charge on any atom is -0.345 e. The third kappa shape index (κ3) is 2.90. The molecular formula is C12H16N4. The van der Waals surface area contributed by atoms with Crippen LogP contribution in [0.25, 0.3) is 0 Å². The summed E-state index contributed by atoms with van der Waals surface area (Å²) < 4.78 is 0. The number of aryl methyl sites for hydroxylation is 2. The Bertz CT molecular complexity index is 444. The second-order valence-corrected chi connectivity index (χ2v) is 3.91. The number of hydrogen-bond acceptors (Lipinski definition) is 3. The monoisotopic (exact) mass is 216 g/mol. The van der Waals surface area contributed by atoms with E-state index in [1.165, 1.54) is 5.56 Å². The molecule has 4 nitrogen and oxygen atoms in total. The van der Waals surface area contributed by atoms with Crippen LogP contribution in [-0.4, -0.2) is 15.0 Å². The van der Waals surface area contributed by atoms with Crippen molar-refractivity contribution in [2.24, 2.45) is 0 Å². The normalized spacial score (nSPS) is 10.6. The maximum atomic E-state index is 4.25. The van der Waals surface area contributed by atoms with Crippen LogP contribution in [0.3, 0.4) is 0 Å². The van der Waals surface area contributed by atoms with E-state index in [1.54, 1.807) is 0 Å². The van der Waals surface area contributed by atoms with Gasteiger partial charge in [-0.3, -0.25) is 4.98 Å². The topological polar surface area (TPSA) is 53.6 Å². The van der Waals surface area contributed by atoms with Crippen molar-refractivity contribution in [3.05, 3.63) is 47.3 Å². The van der Waals surface area contributed by atoms with Crippen molar-refractivity contribution >= 4 is 0 Å². The van der Waals surface area contributed by atoms with E-state index in [1.807, 2.05) is 32.3 Å². The highest BCUT2D eigenvalue weighted by atomic mass is 15.0. The van der Waals surface area contributed by atoms with Crippen molar-refractivity contribution < 1.29 is 0 Å². The van der Waals surface area contributed by atoms with Crippen molar-refractivity contribution in [2.45, 2.75) is 26.9 Å². The highest BCUT2D eigenvalue weighted by molar-refractivity contribution is 5.13. The smallest absolute Gasteiger partial charge is 0.103 e. The molecule has 2 heterocycles. The Morgan fingerprint density at radius 2 is 2.00 bits per heavy atom. The Morgan fingerprint density at radius 3 is 2.62 bits per heavy atom. The summed E-state index contributed by atoms with van der Waals surface area (Å²) in [7, 11) is 0. The molecule has 2 rings (SSSR count). The summed E-state index contributed by atoms with van der Waals surface area (Å²) in [4.78, 5) is 11.6. The average Bonchev–Trinajstić information content (AvgIpc) is 2.67. The molecule has 0 aliphatic rings. The molecule has 0 aromatic carbocycles. The number of imidazole rings is 1. The summed E-state index contributed by atoms with van der Waals surface area (Å²) in [5.74, 6) is 0.953. The van der Waals surface area contributed by atoms with Gasteiger partial charge in [-0.1, -0.05) is 6.07 Å². The summed E-state index contributed by atoms with van der Waals surface area (Å²) in [5.41, 5.74) is 3.35. The minimum atomic E-state index is 0.800. The van der Waals surface area contributed by atoms with E-state index < -0.39 is 0 Å². The lowest BCUT2D eigenvalue weighted by molar-refractivity contribution is 0.679. The maximum Gasteiger partial charge on any atom is 0.103 e. The molecule has 0 bridgehead atoms. The summed E-state index contributed by atoms with van der Waals surface area (Å²) >= 11 is 0. The van der Waals surface area contributed by atoms with Crippen LogP contribution in [-0.2, 0) is 13.1 Å². The molecule has 0 fully saturated rings. The minimum absolute atomic E-state index is 0.800. The fourth-order valence-corrected chi connectivity index (χ4v) is 1.51. The molecular weight excluding hydrogens is 200 g/mol. The van der Waals surface area contributed by atoms with E-state index in [0.29, 0.717) is 0 Å². The fraction of sp³-hybridized carbons (Fsp3) is 0.333. The van der Waals surface area contributed by atoms with Crippen LogP contribution in [0.1, 0.15) is 22.8 Å². The van der Waals surface area contributed by atoms with Crippen LogP contribution in [0.15, 0.2) is 24.5 Å². The Hall–Kier alpha value is -1.68. The molecule has 0 aliphatic carbocycles. The van der Waals surface area contributed by atoms with Crippen molar-refractivity contribution in [3.63, 3.8) is 0 Å². The van der Waals surface area contributed by atoms with Crippen LogP contribution in [0.4, 0.5) is 0 Å². The Labute approximate surface area is 95.1 Å². The molecule has 0 aliphatic heterocycles. The van der Waals surface area contributed by atoms with Crippen molar-refractivity contribution in [2.75, 3.05) is 0 Å². The van der Waals surface area contributed by atoms with Gasteiger partial charge in [0.25, 0.3) is 0 Å². The van der Waals surface area contributed by atoms with Crippen molar-refractivity contribution in [3.8, 4) is 0 Å². The quantitative estimate of drug-likeness (QED) is 0.818. The summed E-state index contributed by atoms with van der Waals surface area (Å²) in [5, 5.41) is 3.34. The highest BCUT2D eigenvalue weighted by Gasteiger charge is 1.97. The number of H-pyrrole nitrogens is 1. The van der Waals surface area contributed by atoms with Gasteiger partial charge in [0.05, 0.1) is 0 Å². The van der Waals surface area contributed by atoms with Gasteiger partial charge in [-0.15, -0.1) is 0 Å². The number of nitrogens with one attached hydrogen (secondary N) is 2. The Morgan fingerprint density at radius 1 is 1.12 bits per heavy atom. The van der Waals surface area contributed by atoms with Gasteiger partial charge in [-0.2, -0.15) is 0 Å². The van der Waals surface area contributed by atoms with Crippen molar-refractivity contribution in [1.29, 1.82) is 0 Å². The lowest BCUT2D eigenvalue weighted by Crippen LogP contribution is -2.13. The molecule has 0 unspecified atom stereocenters. The third-order valence-electron chi connectivity index (χ3n) is 2.37. The highest BCUT2D eigenvalue weighted by Crippen LogP contribution is 2.00. The second kappa shape index (κ2) is 4.90. The summed E-state index contributed by atoms with van der Waals surface area (Å²) in [6, 6.07) is 4.12. The number of rotatable bonds is 4. The van der Waals surface area contributed by atoms with Crippen LogP contribution in [0.5, 0.6) is 0 Å². The first-order chi connectivity index (χ1) is 7.74. The largest absolute Gasteiger partial charge is 0.345 e. The number of hydrogen-bond donors (Lipinski definition) is 2. The van der Waals surface area contributed by atoms with Gasteiger partial charge >= 0.3 is 0 Å². The third-order valence-corrected chi connectivity index (χ3v) is 2.37. The van der Waals surface area contributed by atoms with E-state index >= 15 is 0 Å². The van der Waals surface area contributed by atoms with Gasteiger partial charge in [-0.25, -0.2) is 4.98 Å². The van der Waals surface area contributed by atoms with Gasteiger partial charge < -0.3 is 10.3 Å². The first-order valence-electron chi connectivity index (χ1n) is 5.37. The van der Waals surface area contributed by atoms with Crippen LogP contribution < -0.4 is 5.32 Å². The Kier molecular flexibility index (Phi) is 3.31. The summed E-state index contributed by atoms with van der Waals surface area (Å²) in [6.45, 7) is 5.57. The number of pyridine rings is 1. The molecule has 0 saturated carbocycles. The Balaban J connectivity index is 1.82. The average molecular weight is 216 g/mol. The molecule has 0 spiro atoms. The predicted molar refractivity (Wildman–Crippen MR) is 62.8 cm³/mol. The molecule has 2 aromatic rings. The lowest BCUT2D eigenvalue weighted by atomic mass is 10.2. The SMILES string of the molecule is Cc1ccc(CNCc2cnc(C)[nH]2)cn1. The first-order valence-corrected chi connectivity index (χ1v) is 5.37. The summed E-state index contributed by atoms with van der Waals surface area (Å²) in [6.07, 6.45) is 3.76. The molecule has 2 aromatic heterocycles. The number of aromatic nitrogens is 3. The van der Waals surface area contributed by atoms with Gasteiger partial charge in [0, 0.05) is 36.9 Å². The van der Waals surface area contributed by atoms with E-state index in [4.69, 9.17) is 0 Å². The molecule has 0 saturated heterocycles. The molecule has 2 N–H and O–H groups in total. The van der Waals surface area contributed by atoms with Crippen LogP contribution >= 0.6 is 0 Å². The first kappa shape index (κ1) is 10.8. The number of aromatic amines is 1. The van der Waals surface area contributed by atoms with Gasteiger partial charge in [0.2, 0.25) is 0 Å². The standard InChI is InChI=1S/C12H16N4/c1-9-3-4-11(6-14-9)5-13-7-12-8-15-10(2)16-12/h3-4,6,8,13H,5,7H2,1-2H3,(H,15,16). The number of nitrogens with zero attached hydrogens (tertiary/aromatic N) is 2. The maximum absolute atomic E-state index is 4.25. The fourth-order valence-electron chi connectivity index (χ4n) is 1.51. The van der Waals surface area contributed by atoms with E-state index in [0.717, 1.165) is 30.3 Å². The zero-order chi connectivity index (χ0) is 11.4. The van der Waals surface area contributed by atoms with Gasteiger partial charge in [-0.05, 0) is 25.5 Å². The van der Waals surface area contributed by atoms with Crippen molar-refractivity contribution in [1.82, 2.24) is 20.3 Å². The lowest BCUT2D eigenvalue weighted by Gasteiger charge is -2.03. The molecule has 0 amide bonds. The molecule has 0 atom stereocenters. The van der Waals surface area contributed by atoms with Gasteiger partial charge in [0.15, 0.2) is 0 Å². The second-order valence-electron chi connectivity index (χ2n) is 3.91. The molecule has 16 heavy (non-hydrogen) atoms. The van der Waals surface area contributed by atoms with Gasteiger partial charge in [0.1, 0.15) is 5.82 Å².